The van der Waals surface area contributed by atoms with Gasteiger partial charge in [-0.1, -0.05) is 30.3 Å². The fourth-order valence-electron chi connectivity index (χ4n) is 2.06. The molecule has 0 radical (unpaired) electrons. The molecule has 1 aromatic heterocycles. The summed E-state index contributed by atoms with van der Waals surface area (Å²) in [5.74, 6) is 0. The SMILES string of the molecule is Cn1cc(CCC(O)(CN)c2ccccc2)cn1. The first-order valence-electron chi connectivity index (χ1n) is 6.09. The molecule has 1 aromatic carbocycles. The molecule has 0 fully saturated rings. The third kappa shape index (κ3) is 2.78. The molecule has 1 unspecified atom stereocenters. The molecule has 1 heterocycles. The zero-order valence-electron chi connectivity index (χ0n) is 10.6. The van der Waals surface area contributed by atoms with Gasteiger partial charge in [0, 0.05) is 19.8 Å². The number of hydrogen-bond acceptors (Lipinski definition) is 3. The van der Waals surface area contributed by atoms with Crippen LogP contribution in [0.1, 0.15) is 17.5 Å². The molecule has 1 atom stereocenters. The maximum atomic E-state index is 10.6. The Kier molecular flexibility index (Phi) is 3.79. The highest BCUT2D eigenvalue weighted by atomic mass is 16.3. The summed E-state index contributed by atoms with van der Waals surface area (Å²) in [6.07, 6.45) is 5.14. The zero-order valence-corrected chi connectivity index (χ0v) is 10.6. The number of aryl methyl sites for hydroxylation is 2. The number of nitrogens with two attached hydrogens (primary N) is 1. The van der Waals surface area contributed by atoms with E-state index in [1.807, 2.05) is 49.8 Å². The van der Waals surface area contributed by atoms with Crippen LogP contribution in [-0.4, -0.2) is 21.4 Å². The lowest BCUT2D eigenvalue weighted by atomic mass is 9.88. The Morgan fingerprint density at radius 3 is 2.61 bits per heavy atom. The fraction of sp³-hybridized carbons (Fsp3) is 0.357. The average molecular weight is 245 g/mol. The number of aliphatic hydroxyl groups is 1. The number of benzene rings is 1. The second-order valence-electron chi connectivity index (χ2n) is 4.62. The number of hydrogen-bond donors (Lipinski definition) is 2. The fourth-order valence-corrected chi connectivity index (χ4v) is 2.06. The lowest BCUT2D eigenvalue weighted by Crippen LogP contribution is -2.35. The maximum absolute atomic E-state index is 10.6. The quantitative estimate of drug-likeness (QED) is 0.832. The van der Waals surface area contributed by atoms with Crippen LogP contribution in [-0.2, 0) is 19.1 Å². The highest BCUT2D eigenvalue weighted by Gasteiger charge is 2.27. The molecule has 4 nitrogen and oxygen atoms in total. The molecular formula is C14H19N3O. The molecule has 0 amide bonds. The molecule has 2 aromatic rings. The van der Waals surface area contributed by atoms with Gasteiger partial charge in [-0.05, 0) is 24.0 Å². The average Bonchev–Trinajstić information content (AvgIpc) is 2.83. The van der Waals surface area contributed by atoms with E-state index in [2.05, 4.69) is 5.10 Å². The Morgan fingerprint density at radius 2 is 2.06 bits per heavy atom. The first kappa shape index (κ1) is 12.8. The van der Waals surface area contributed by atoms with Crippen molar-refractivity contribution in [1.82, 2.24) is 9.78 Å². The summed E-state index contributed by atoms with van der Waals surface area (Å²) in [4.78, 5) is 0. The molecule has 0 aliphatic rings. The third-order valence-electron chi connectivity index (χ3n) is 3.23. The van der Waals surface area contributed by atoms with Gasteiger partial charge in [-0.15, -0.1) is 0 Å². The Hall–Kier alpha value is -1.65. The minimum Gasteiger partial charge on any atom is -0.384 e. The van der Waals surface area contributed by atoms with Crippen LogP contribution >= 0.6 is 0 Å². The van der Waals surface area contributed by atoms with Crippen molar-refractivity contribution < 1.29 is 5.11 Å². The van der Waals surface area contributed by atoms with Gasteiger partial charge in [-0.2, -0.15) is 5.10 Å². The van der Waals surface area contributed by atoms with E-state index in [1.54, 1.807) is 4.68 Å². The first-order chi connectivity index (χ1) is 8.64. The van der Waals surface area contributed by atoms with Crippen LogP contribution in [0.4, 0.5) is 0 Å². The van der Waals surface area contributed by atoms with Crippen LogP contribution in [0.2, 0.25) is 0 Å². The van der Waals surface area contributed by atoms with Crippen molar-refractivity contribution in [3.63, 3.8) is 0 Å². The molecule has 0 aliphatic heterocycles. The second kappa shape index (κ2) is 5.33. The van der Waals surface area contributed by atoms with Crippen LogP contribution in [0.25, 0.3) is 0 Å². The van der Waals surface area contributed by atoms with Gasteiger partial charge in [0.25, 0.3) is 0 Å². The van der Waals surface area contributed by atoms with Gasteiger partial charge in [0.15, 0.2) is 0 Å². The van der Waals surface area contributed by atoms with E-state index in [0.717, 1.165) is 17.5 Å². The molecule has 18 heavy (non-hydrogen) atoms. The molecule has 0 bridgehead atoms. The summed E-state index contributed by atoms with van der Waals surface area (Å²) in [5.41, 5.74) is 6.76. The molecule has 0 spiro atoms. The molecule has 3 N–H and O–H groups in total. The van der Waals surface area contributed by atoms with Gasteiger partial charge >= 0.3 is 0 Å². The zero-order chi connectivity index (χ0) is 13.0. The smallest absolute Gasteiger partial charge is 0.102 e. The van der Waals surface area contributed by atoms with Gasteiger partial charge in [0.05, 0.1) is 6.20 Å². The summed E-state index contributed by atoms with van der Waals surface area (Å²) >= 11 is 0. The van der Waals surface area contributed by atoms with Crippen molar-refractivity contribution in [2.45, 2.75) is 18.4 Å². The summed E-state index contributed by atoms with van der Waals surface area (Å²) in [6, 6.07) is 9.59. The van der Waals surface area contributed by atoms with E-state index < -0.39 is 5.60 Å². The lowest BCUT2D eigenvalue weighted by molar-refractivity contribution is 0.0370. The largest absolute Gasteiger partial charge is 0.384 e. The standard InChI is InChI=1S/C14H19N3O/c1-17-10-12(9-16-17)7-8-14(18,11-15)13-5-3-2-4-6-13/h2-6,9-10,18H,7-8,11,15H2,1H3. The van der Waals surface area contributed by atoms with Gasteiger partial charge in [-0.3, -0.25) is 4.68 Å². The summed E-state index contributed by atoms with van der Waals surface area (Å²) in [6.45, 7) is 0.220. The van der Waals surface area contributed by atoms with E-state index >= 15 is 0 Å². The van der Waals surface area contributed by atoms with Gasteiger partial charge < -0.3 is 10.8 Å². The predicted molar refractivity (Wildman–Crippen MR) is 70.9 cm³/mol. The van der Waals surface area contributed by atoms with Crippen molar-refractivity contribution in [2.75, 3.05) is 6.54 Å². The van der Waals surface area contributed by atoms with Crippen molar-refractivity contribution in [1.29, 1.82) is 0 Å². The highest BCUT2D eigenvalue weighted by molar-refractivity contribution is 5.23. The van der Waals surface area contributed by atoms with Crippen LogP contribution in [0.3, 0.4) is 0 Å². The Bertz CT molecular complexity index is 495. The van der Waals surface area contributed by atoms with Crippen molar-refractivity contribution in [2.24, 2.45) is 12.8 Å². The van der Waals surface area contributed by atoms with E-state index in [1.165, 1.54) is 0 Å². The van der Waals surface area contributed by atoms with Crippen molar-refractivity contribution in [3.8, 4) is 0 Å². The van der Waals surface area contributed by atoms with Crippen LogP contribution in [0.5, 0.6) is 0 Å². The number of nitrogens with zero attached hydrogens (tertiary/aromatic N) is 2. The van der Waals surface area contributed by atoms with Gasteiger partial charge in [-0.25, -0.2) is 0 Å². The summed E-state index contributed by atoms with van der Waals surface area (Å²) in [5, 5.41) is 14.7. The molecule has 0 saturated carbocycles. The Balaban J connectivity index is 2.09. The normalized spacial score (nSPS) is 14.4. The Morgan fingerprint density at radius 1 is 1.33 bits per heavy atom. The molecular weight excluding hydrogens is 226 g/mol. The highest BCUT2D eigenvalue weighted by Crippen LogP contribution is 2.25. The Labute approximate surface area is 107 Å². The lowest BCUT2D eigenvalue weighted by Gasteiger charge is -2.27. The van der Waals surface area contributed by atoms with Crippen molar-refractivity contribution >= 4 is 0 Å². The van der Waals surface area contributed by atoms with Crippen molar-refractivity contribution in [3.05, 3.63) is 53.9 Å². The summed E-state index contributed by atoms with van der Waals surface area (Å²) in [7, 11) is 1.88. The summed E-state index contributed by atoms with van der Waals surface area (Å²) < 4.78 is 1.76. The van der Waals surface area contributed by atoms with Gasteiger partial charge in [0.1, 0.15) is 5.60 Å². The molecule has 96 valence electrons. The van der Waals surface area contributed by atoms with Crippen LogP contribution < -0.4 is 5.73 Å². The predicted octanol–water partition coefficient (Wildman–Crippen LogP) is 1.20. The number of rotatable bonds is 5. The first-order valence-corrected chi connectivity index (χ1v) is 6.09. The minimum absolute atomic E-state index is 0.220. The third-order valence-corrected chi connectivity index (χ3v) is 3.23. The maximum Gasteiger partial charge on any atom is 0.102 e. The van der Waals surface area contributed by atoms with E-state index in [0.29, 0.717) is 6.42 Å². The van der Waals surface area contributed by atoms with Crippen LogP contribution in [0, 0.1) is 0 Å². The van der Waals surface area contributed by atoms with E-state index in [9.17, 15) is 5.11 Å². The topological polar surface area (TPSA) is 64.1 Å². The monoisotopic (exact) mass is 245 g/mol. The van der Waals surface area contributed by atoms with Crippen LogP contribution in [0.15, 0.2) is 42.7 Å². The molecule has 0 saturated heterocycles. The van der Waals surface area contributed by atoms with Gasteiger partial charge in [0.2, 0.25) is 0 Å². The number of aromatic nitrogens is 2. The minimum atomic E-state index is -0.961. The van der Waals surface area contributed by atoms with E-state index in [4.69, 9.17) is 5.73 Å². The molecule has 2 rings (SSSR count). The second-order valence-corrected chi connectivity index (χ2v) is 4.62. The molecule has 4 heteroatoms. The molecule has 0 aliphatic carbocycles. The van der Waals surface area contributed by atoms with E-state index in [-0.39, 0.29) is 6.54 Å².